The van der Waals surface area contributed by atoms with Gasteiger partial charge in [-0.25, -0.2) is 0 Å². The number of aromatic nitrogens is 3. The second kappa shape index (κ2) is 5.45. The Morgan fingerprint density at radius 3 is 2.90 bits per heavy atom. The van der Waals surface area contributed by atoms with Crippen molar-refractivity contribution >= 4 is 5.91 Å². The average molecular weight is 270 g/mol. The summed E-state index contributed by atoms with van der Waals surface area (Å²) in [7, 11) is 0. The first-order chi connectivity index (χ1) is 9.72. The summed E-state index contributed by atoms with van der Waals surface area (Å²) >= 11 is 0. The molecule has 0 spiro atoms. The fourth-order valence-corrected chi connectivity index (χ4v) is 2.63. The second-order valence-electron chi connectivity index (χ2n) is 5.31. The minimum Gasteiger partial charge on any atom is -0.355 e. The van der Waals surface area contributed by atoms with Crippen molar-refractivity contribution in [1.82, 2.24) is 20.1 Å². The van der Waals surface area contributed by atoms with Gasteiger partial charge in [0.25, 0.3) is 0 Å². The highest BCUT2D eigenvalue weighted by molar-refractivity contribution is 5.78. The highest BCUT2D eigenvalue weighted by Gasteiger charge is 2.24. The normalized spacial score (nSPS) is 16.9. The maximum atomic E-state index is 11.9. The van der Waals surface area contributed by atoms with Gasteiger partial charge in [0, 0.05) is 25.4 Å². The first-order valence-electron chi connectivity index (χ1n) is 6.91. The van der Waals surface area contributed by atoms with Crippen molar-refractivity contribution in [1.29, 1.82) is 0 Å². The van der Waals surface area contributed by atoms with Crippen molar-refractivity contribution in [3.8, 4) is 0 Å². The van der Waals surface area contributed by atoms with Crippen LogP contribution in [0.1, 0.15) is 17.2 Å². The summed E-state index contributed by atoms with van der Waals surface area (Å²) < 4.78 is 2.13. The number of fused-ring (bicyclic) bond motifs is 1. The Balaban J connectivity index is 1.48. The summed E-state index contributed by atoms with van der Waals surface area (Å²) in [4.78, 5) is 11.9. The molecule has 1 aliphatic heterocycles. The molecule has 0 saturated heterocycles. The molecule has 1 aliphatic rings. The quantitative estimate of drug-likeness (QED) is 0.905. The van der Waals surface area contributed by atoms with Crippen LogP contribution in [0, 0.1) is 12.8 Å². The predicted molar refractivity (Wildman–Crippen MR) is 75.1 cm³/mol. The van der Waals surface area contributed by atoms with Crippen molar-refractivity contribution in [2.75, 3.05) is 6.54 Å². The van der Waals surface area contributed by atoms with Crippen LogP contribution in [0.4, 0.5) is 0 Å². The maximum absolute atomic E-state index is 11.9. The highest BCUT2D eigenvalue weighted by Crippen LogP contribution is 2.19. The summed E-state index contributed by atoms with van der Waals surface area (Å²) in [5, 5.41) is 11.2. The van der Waals surface area contributed by atoms with Gasteiger partial charge in [0.2, 0.25) is 5.91 Å². The molecule has 3 rings (SSSR count). The Hall–Kier alpha value is -2.17. The van der Waals surface area contributed by atoms with Crippen molar-refractivity contribution in [3.05, 3.63) is 47.5 Å². The van der Waals surface area contributed by atoms with E-state index in [9.17, 15) is 4.79 Å². The van der Waals surface area contributed by atoms with Crippen molar-refractivity contribution in [2.24, 2.45) is 5.92 Å². The third-order valence-electron chi connectivity index (χ3n) is 3.72. The predicted octanol–water partition coefficient (Wildman–Crippen LogP) is 1.12. The van der Waals surface area contributed by atoms with Gasteiger partial charge in [0.1, 0.15) is 11.6 Å². The summed E-state index contributed by atoms with van der Waals surface area (Å²) in [6, 6.07) is 9.81. The Bertz CT molecular complexity index is 606. The molecule has 1 unspecified atom stereocenters. The van der Waals surface area contributed by atoms with Gasteiger partial charge < -0.3 is 9.88 Å². The van der Waals surface area contributed by atoms with Gasteiger partial charge in [0.15, 0.2) is 0 Å². The molecule has 1 atom stereocenters. The summed E-state index contributed by atoms with van der Waals surface area (Å²) in [6.07, 6.45) is 1.34. The zero-order valence-corrected chi connectivity index (χ0v) is 11.5. The molecule has 0 saturated carbocycles. The monoisotopic (exact) mass is 270 g/mol. The van der Waals surface area contributed by atoms with E-state index in [4.69, 9.17) is 0 Å². The average Bonchev–Trinajstić information content (AvgIpc) is 3.00. The maximum Gasteiger partial charge on any atom is 0.224 e. The smallest absolute Gasteiger partial charge is 0.224 e. The van der Waals surface area contributed by atoms with Crippen molar-refractivity contribution in [3.63, 3.8) is 0 Å². The largest absolute Gasteiger partial charge is 0.355 e. The number of hydrogen-bond donors (Lipinski definition) is 1. The van der Waals surface area contributed by atoms with E-state index < -0.39 is 0 Å². The van der Waals surface area contributed by atoms with Crippen molar-refractivity contribution in [2.45, 2.75) is 26.3 Å². The molecule has 1 aromatic heterocycles. The number of nitrogens with one attached hydrogen (secondary N) is 1. The van der Waals surface area contributed by atoms with Gasteiger partial charge in [-0.2, -0.15) is 0 Å². The van der Waals surface area contributed by atoms with E-state index in [2.05, 4.69) is 20.1 Å². The lowest BCUT2D eigenvalue weighted by atomic mass is 10.1. The van der Waals surface area contributed by atoms with E-state index in [1.54, 1.807) is 0 Å². The van der Waals surface area contributed by atoms with Gasteiger partial charge in [0.05, 0.1) is 6.42 Å². The van der Waals surface area contributed by atoms with E-state index in [1.807, 2.05) is 37.3 Å². The molecule has 0 radical (unpaired) electrons. The Kier molecular flexibility index (Phi) is 3.50. The van der Waals surface area contributed by atoms with E-state index in [0.29, 0.717) is 18.9 Å². The fourth-order valence-electron chi connectivity index (χ4n) is 2.63. The lowest BCUT2D eigenvalue weighted by Crippen LogP contribution is -2.31. The van der Waals surface area contributed by atoms with Gasteiger partial charge in [-0.15, -0.1) is 10.2 Å². The summed E-state index contributed by atoms with van der Waals surface area (Å²) in [6.45, 7) is 3.57. The molecule has 1 N–H and O–H groups in total. The highest BCUT2D eigenvalue weighted by atomic mass is 16.1. The molecular weight excluding hydrogens is 252 g/mol. The van der Waals surface area contributed by atoms with E-state index in [1.165, 1.54) is 0 Å². The lowest BCUT2D eigenvalue weighted by Gasteiger charge is -2.10. The molecule has 1 amide bonds. The molecule has 1 aromatic carbocycles. The van der Waals surface area contributed by atoms with Gasteiger partial charge >= 0.3 is 0 Å². The van der Waals surface area contributed by atoms with Crippen LogP contribution >= 0.6 is 0 Å². The summed E-state index contributed by atoms with van der Waals surface area (Å²) in [5.74, 6) is 2.50. The van der Waals surface area contributed by atoms with E-state index in [-0.39, 0.29) is 5.91 Å². The SMILES string of the molecule is Cc1nnc2n1CC(CNC(=O)Cc1ccccc1)C2. The van der Waals surface area contributed by atoms with Crippen LogP contribution < -0.4 is 5.32 Å². The minimum atomic E-state index is 0.0792. The second-order valence-corrected chi connectivity index (χ2v) is 5.31. The molecule has 2 aromatic rings. The molecule has 0 bridgehead atoms. The number of rotatable bonds is 4. The van der Waals surface area contributed by atoms with Gasteiger partial charge in [-0.05, 0) is 12.5 Å². The Labute approximate surface area is 118 Å². The molecule has 5 nitrogen and oxygen atoms in total. The standard InChI is InChI=1S/C15H18N4O/c1-11-17-18-14-7-13(10-19(11)14)9-16-15(20)8-12-5-3-2-4-6-12/h2-6,13H,7-10H2,1H3,(H,16,20). The Morgan fingerprint density at radius 1 is 1.35 bits per heavy atom. The number of carbonyl (C=O) groups is 1. The van der Waals surface area contributed by atoms with Crippen LogP contribution in [0.15, 0.2) is 30.3 Å². The lowest BCUT2D eigenvalue weighted by molar-refractivity contribution is -0.120. The first kappa shape index (κ1) is 12.8. The van der Waals surface area contributed by atoms with Crippen LogP contribution in [-0.4, -0.2) is 27.2 Å². The molecule has 0 aliphatic carbocycles. The molecule has 104 valence electrons. The molecule has 2 heterocycles. The third kappa shape index (κ3) is 2.71. The van der Waals surface area contributed by atoms with Gasteiger partial charge in [-0.1, -0.05) is 30.3 Å². The zero-order chi connectivity index (χ0) is 13.9. The van der Waals surface area contributed by atoms with Gasteiger partial charge in [-0.3, -0.25) is 4.79 Å². The number of nitrogens with zero attached hydrogens (tertiary/aromatic N) is 3. The Morgan fingerprint density at radius 2 is 2.15 bits per heavy atom. The number of benzene rings is 1. The van der Waals surface area contributed by atoms with Crippen LogP contribution in [0.2, 0.25) is 0 Å². The number of aryl methyl sites for hydroxylation is 1. The molecule has 5 heteroatoms. The number of carbonyl (C=O) groups excluding carboxylic acids is 1. The topological polar surface area (TPSA) is 59.8 Å². The fraction of sp³-hybridized carbons (Fsp3) is 0.400. The van der Waals surface area contributed by atoms with E-state index in [0.717, 1.165) is 30.2 Å². The molecule has 20 heavy (non-hydrogen) atoms. The summed E-state index contributed by atoms with van der Waals surface area (Å²) in [5.41, 5.74) is 1.05. The van der Waals surface area contributed by atoms with Crippen molar-refractivity contribution < 1.29 is 4.79 Å². The van der Waals surface area contributed by atoms with Crippen LogP contribution in [0.3, 0.4) is 0 Å². The molecule has 0 fully saturated rings. The molecular formula is C15H18N4O. The van der Waals surface area contributed by atoms with E-state index >= 15 is 0 Å². The van der Waals surface area contributed by atoms with Crippen LogP contribution in [0.5, 0.6) is 0 Å². The van der Waals surface area contributed by atoms with Crippen LogP contribution in [-0.2, 0) is 24.2 Å². The van der Waals surface area contributed by atoms with Crippen LogP contribution in [0.25, 0.3) is 0 Å². The number of hydrogen-bond acceptors (Lipinski definition) is 3. The zero-order valence-electron chi connectivity index (χ0n) is 11.5. The number of amides is 1. The third-order valence-corrected chi connectivity index (χ3v) is 3.72. The minimum absolute atomic E-state index is 0.0792. The first-order valence-corrected chi connectivity index (χ1v) is 6.91.